The molecule has 27 heavy (non-hydrogen) atoms. The first kappa shape index (κ1) is 19.6. The number of nitrogens with one attached hydrogen (secondary N) is 1. The smallest absolute Gasteiger partial charge is 0.128 e. The lowest BCUT2D eigenvalue weighted by Crippen LogP contribution is -1.99. The largest absolute Gasteiger partial charge is 0.497 e. The molecule has 3 N–H and O–H groups in total. The fourth-order valence-electron chi connectivity index (χ4n) is 3.56. The van der Waals surface area contributed by atoms with Crippen LogP contribution in [0.4, 0.5) is 0 Å². The Morgan fingerprint density at radius 3 is 2.56 bits per heavy atom. The van der Waals surface area contributed by atoms with E-state index in [0.29, 0.717) is 6.54 Å². The van der Waals surface area contributed by atoms with E-state index in [9.17, 15) is 0 Å². The van der Waals surface area contributed by atoms with Gasteiger partial charge in [0.15, 0.2) is 0 Å². The highest BCUT2D eigenvalue weighted by Crippen LogP contribution is 2.40. The summed E-state index contributed by atoms with van der Waals surface area (Å²) in [6, 6.07) is 10.5. The van der Waals surface area contributed by atoms with Crippen molar-refractivity contribution in [2.45, 2.75) is 31.1 Å². The summed E-state index contributed by atoms with van der Waals surface area (Å²) in [5.41, 5.74) is 11.6. The Kier molecular flexibility index (Phi) is 6.34. The molecule has 2 aromatic carbocycles. The van der Waals surface area contributed by atoms with Crippen LogP contribution in [0.3, 0.4) is 0 Å². The van der Waals surface area contributed by atoms with Gasteiger partial charge in [-0.15, -0.1) is 11.8 Å². The van der Waals surface area contributed by atoms with Crippen LogP contribution < -0.4 is 15.2 Å². The standard InChI is InChI=1S/C22H28N2O2S/c1-14-11-15(25-2)12-18-17(7-5-6-10-23)22(24-21(14)18)19-13-16(27-4)8-9-20(19)26-3/h8-9,11-13,24H,5-7,10,23H2,1-4H3. The zero-order valence-electron chi connectivity index (χ0n) is 16.5. The molecule has 1 aromatic heterocycles. The van der Waals surface area contributed by atoms with E-state index in [-0.39, 0.29) is 0 Å². The number of methoxy groups -OCH3 is 2. The Balaban J connectivity index is 2.25. The number of thioether (sulfide) groups is 1. The quantitative estimate of drug-likeness (QED) is 0.416. The van der Waals surface area contributed by atoms with Crippen molar-refractivity contribution in [2.75, 3.05) is 27.0 Å². The SMILES string of the molecule is COc1cc(C)c2[nH]c(-c3cc(SC)ccc3OC)c(CCCCN)c2c1. The molecule has 4 nitrogen and oxygen atoms in total. The maximum atomic E-state index is 5.73. The van der Waals surface area contributed by atoms with Crippen LogP contribution >= 0.6 is 11.8 Å². The first-order chi connectivity index (χ1) is 13.1. The van der Waals surface area contributed by atoms with E-state index in [1.807, 2.05) is 6.07 Å². The highest BCUT2D eigenvalue weighted by Gasteiger charge is 2.18. The van der Waals surface area contributed by atoms with Crippen LogP contribution in [-0.2, 0) is 6.42 Å². The van der Waals surface area contributed by atoms with Gasteiger partial charge in [0.05, 0.1) is 19.9 Å². The maximum Gasteiger partial charge on any atom is 0.128 e. The lowest BCUT2D eigenvalue weighted by Gasteiger charge is -2.11. The minimum absolute atomic E-state index is 0.714. The molecule has 0 aliphatic heterocycles. The topological polar surface area (TPSA) is 60.3 Å². The minimum atomic E-state index is 0.714. The highest BCUT2D eigenvalue weighted by molar-refractivity contribution is 7.98. The van der Waals surface area contributed by atoms with Crippen LogP contribution in [0.25, 0.3) is 22.2 Å². The van der Waals surface area contributed by atoms with Crippen molar-refractivity contribution in [3.05, 3.63) is 41.5 Å². The summed E-state index contributed by atoms with van der Waals surface area (Å²) < 4.78 is 11.2. The van der Waals surface area contributed by atoms with Crippen molar-refractivity contribution < 1.29 is 9.47 Å². The van der Waals surface area contributed by atoms with Crippen molar-refractivity contribution >= 4 is 22.7 Å². The predicted molar refractivity (Wildman–Crippen MR) is 115 cm³/mol. The van der Waals surface area contributed by atoms with Gasteiger partial charge < -0.3 is 20.2 Å². The molecule has 3 rings (SSSR count). The fraction of sp³-hybridized carbons (Fsp3) is 0.364. The molecular formula is C22H28N2O2S. The second-order valence-corrected chi connectivity index (χ2v) is 7.54. The third kappa shape index (κ3) is 3.94. The fourth-order valence-corrected chi connectivity index (χ4v) is 4.00. The minimum Gasteiger partial charge on any atom is -0.497 e. The number of H-pyrrole nitrogens is 1. The summed E-state index contributed by atoms with van der Waals surface area (Å²) in [4.78, 5) is 4.89. The van der Waals surface area contributed by atoms with Gasteiger partial charge in [-0.05, 0) is 80.4 Å². The second kappa shape index (κ2) is 8.72. The Morgan fingerprint density at radius 1 is 1.07 bits per heavy atom. The molecule has 0 amide bonds. The highest BCUT2D eigenvalue weighted by atomic mass is 32.2. The van der Waals surface area contributed by atoms with E-state index in [1.54, 1.807) is 26.0 Å². The van der Waals surface area contributed by atoms with E-state index in [0.717, 1.165) is 47.5 Å². The van der Waals surface area contributed by atoms with Gasteiger partial charge >= 0.3 is 0 Å². The lowest BCUT2D eigenvalue weighted by atomic mass is 9.99. The molecule has 0 radical (unpaired) electrons. The van der Waals surface area contributed by atoms with E-state index in [2.05, 4.69) is 42.4 Å². The number of fused-ring (bicyclic) bond motifs is 1. The van der Waals surface area contributed by atoms with Crippen LogP contribution in [0.5, 0.6) is 11.5 Å². The number of ether oxygens (including phenoxy) is 2. The number of hydrogen-bond acceptors (Lipinski definition) is 4. The zero-order valence-corrected chi connectivity index (χ0v) is 17.3. The molecule has 0 spiro atoms. The first-order valence-electron chi connectivity index (χ1n) is 9.24. The van der Waals surface area contributed by atoms with Gasteiger partial charge in [0.25, 0.3) is 0 Å². The predicted octanol–water partition coefficient (Wildman–Crippen LogP) is 5.16. The molecule has 5 heteroatoms. The summed E-state index contributed by atoms with van der Waals surface area (Å²) in [6.07, 6.45) is 5.12. The van der Waals surface area contributed by atoms with E-state index in [4.69, 9.17) is 15.2 Å². The number of unbranched alkanes of at least 4 members (excludes halogenated alkanes) is 1. The van der Waals surface area contributed by atoms with Gasteiger partial charge in [0.2, 0.25) is 0 Å². The van der Waals surface area contributed by atoms with Gasteiger partial charge in [0.1, 0.15) is 11.5 Å². The van der Waals surface area contributed by atoms with E-state index >= 15 is 0 Å². The van der Waals surface area contributed by atoms with Crippen LogP contribution in [0, 0.1) is 6.92 Å². The van der Waals surface area contributed by atoms with Gasteiger partial charge in [-0.25, -0.2) is 0 Å². The van der Waals surface area contributed by atoms with Crippen molar-refractivity contribution in [3.63, 3.8) is 0 Å². The normalized spacial score (nSPS) is 11.1. The van der Waals surface area contributed by atoms with Crippen molar-refractivity contribution in [3.8, 4) is 22.8 Å². The van der Waals surface area contributed by atoms with Crippen molar-refractivity contribution in [2.24, 2.45) is 5.73 Å². The molecule has 144 valence electrons. The number of nitrogens with two attached hydrogens (primary N) is 1. The van der Waals surface area contributed by atoms with Crippen LogP contribution in [0.2, 0.25) is 0 Å². The Hall–Kier alpha value is -2.11. The van der Waals surface area contributed by atoms with E-state index in [1.165, 1.54) is 21.4 Å². The van der Waals surface area contributed by atoms with Crippen LogP contribution in [0.1, 0.15) is 24.0 Å². The van der Waals surface area contributed by atoms with Crippen molar-refractivity contribution in [1.29, 1.82) is 0 Å². The van der Waals surface area contributed by atoms with Crippen LogP contribution in [0.15, 0.2) is 35.2 Å². The summed E-state index contributed by atoms with van der Waals surface area (Å²) in [7, 11) is 3.44. The maximum absolute atomic E-state index is 5.73. The number of hydrogen-bond donors (Lipinski definition) is 2. The van der Waals surface area contributed by atoms with Gasteiger partial charge in [0, 0.05) is 21.4 Å². The first-order valence-corrected chi connectivity index (χ1v) is 10.5. The molecular weight excluding hydrogens is 356 g/mol. The number of rotatable bonds is 8. The molecule has 1 heterocycles. The Bertz CT molecular complexity index is 934. The van der Waals surface area contributed by atoms with Crippen molar-refractivity contribution in [1.82, 2.24) is 4.98 Å². The monoisotopic (exact) mass is 384 g/mol. The van der Waals surface area contributed by atoms with Gasteiger partial charge in [-0.2, -0.15) is 0 Å². The summed E-state index contributed by atoms with van der Waals surface area (Å²) in [5, 5.41) is 1.22. The summed E-state index contributed by atoms with van der Waals surface area (Å²) in [6.45, 7) is 2.83. The number of aromatic amines is 1. The molecule has 0 aliphatic carbocycles. The molecule has 3 aromatic rings. The molecule has 0 fully saturated rings. The lowest BCUT2D eigenvalue weighted by molar-refractivity contribution is 0.415. The molecule has 0 unspecified atom stereocenters. The second-order valence-electron chi connectivity index (χ2n) is 6.66. The summed E-state index contributed by atoms with van der Waals surface area (Å²) in [5.74, 6) is 1.76. The number of aryl methyl sites for hydroxylation is 2. The number of aromatic nitrogens is 1. The van der Waals surface area contributed by atoms with Gasteiger partial charge in [-0.3, -0.25) is 0 Å². The molecule has 0 atom stereocenters. The molecule has 0 aliphatic rings. The molecule has 0 bridgehead atoms. The average molecular weight is 385 g/mol. The third-order valence-electron chi connectivity index (χ3n) is 4.98. The molecule has 0 saturated carbocycles. The molecule has 0 saturated heterocycles. The van der Waals surface area contributed by atoms with Crippen LogP contribution in [-0.4, -0.2) is 32.0 Å². The third-order valence-corrected chi connectivity index (χ3v) is 5.70. The van der Waals surface area contributed by atoms with Gasteiger partial charge in [-0.1, -0.05) is 0 Å². The summed E-state index contributed by atoms with van der Waals surface area (Å²) >= 11 is 1.73. The Morgan fingerprint density at radius 2 is 1.89 bits per heavy atom. The zero-order chi connectivity index (χ0) is 19.4. The number of benzene rings is 2. The Labute approximate surface area is 165 Å². The van der Waals surface area contributed by atoms with E-state index < -0.39 is 0 Å². The average Bonchev–Trinajstić information content (AvgIpc) is 3.06.